The van der Waals surface area contributed by atoms with Crippen LogP contribution < -0.4 is 10.6 Å². The molecule has 142 valence electrons. The summed E-state index contributed by atoms with van der Waals surface area (Å²) in [6.45, 7) is 5.26. The van der Waals surface area contributed by atoms with Gasteiger partial charge >= 0.3 is 0 Å². The number of rotatable bonds is 6. The summed E-state index contributed by atoms with van der Waals surface area (Å²) in [5.74, 6) is 1.15. The van der Waals surface area contributed by atoms with Gasteiger partial charge in [-0.1, -0.05) is 17.7 Å². The van der Waals surface area contributed by atoms with Gasteiger partial charge in [0.1, 0.15) is 0 Å². The molecule has 2 fully saturated rings. The Morgan fingerprint density at radius 2 is 2.04 bits per heavy atom. The SMILES string of the molecule is Cc1ccc(SCC(=O)N2CCCC(CNC(=O)C3CCCN3)C2)cc1. The van der Waals surface area contributed by atoms with Gasteiger partial charge in [-0.15, -0.1) is 11.8 Å². The van der Waals surface area contributed by atoms with Crippen molar-refractivity contribution in [3.05, 3.63) is 29.8 Å². The summed E-state index contributed by atoms with van der Waals surface area (Å²) >= 11 is 1.60. The van der Waals surface area contributed by atoms with Crippen molar-refractivity contribution in [1.29, 1.82) is 0 Å². The molecule has 0 bridgehead atoms. The molecule has 0 saturated carbocycles. The molecule has 2 aliphatic heterocycles. The molecule has 2 N–H and O–H groups in total. The summed E-state index contributed by atoms with van der Waals surface area (Å²) in [6.07, 6.45) is 4.09. The maximum absolute atomic E-state index is 12.5. The third kappa shape index (κ3) is 5.48. The number of nitrogens with one attached hydrogen (secondary N) is 2. The van der Waals surface area contributed by atoms with E-state index in [1.807, 2.05) is 4.90 Å². The van der Waals surface area contributed by atoms with E-state index in [0.717, 1.165) is 50.2 Å². The molecule has 5 nitrogen and oxygen atoms in total. The Bertz CT molecular complexity index is 614. The predicted octanol–water partition coefficient (Wildman–Crippen LogP) is 2.19. The molecule has 2 heterocycles. The van der Waals surface area contributed by atoms with Crippen LogP contribution in [0.25, 0.3) is 0 Å². The van der Waals surface area contributed by atoms with Crippen LogP contribution in [0.2, 0.25) is 0 Å². The van der Waals surface area contributed by atoms with E-state index in [1.54, 1.807) is 11.8 Å². The zero-order chi connectivity index (χ0) is 18.4. The zero-order valence-electron chi connectivity index (χ0n) is 15.5. The first-order chi connectivity index (χ1) is 12.6. The number of benzene rings is 1. The van der Waals surface area contributed by atoms with Crippen LogP contribution in [0, 0.1) is 12.8 Å². The van der Waals surface area contributed by atoms with Gasteiger partial charge in [0.05, 0.1) is 11.8 Å². The lowest BCUT2D eigenvalue weighted by Crippen LogP contribution is -2.47. The lowest BCUT2D eigenvalue weighted by atomic mass is 9.98. The Labute approximate surface area is 160 Å². The average Bonchev–Trinajstić information content (AvgIpc) is 3.20. The summed E-state index contributed by atoms with van der Waals surface area (Å²) in [6, 6.07) is 8.26. The minimum absolute atomic E-state index is 0.0257. The number of carbonyl (C=O) groups is 2. The molecule has 2 amide bonds. The van der Waals surface area contributed by atoms with Crippen molar-refractivity contribution in [1.82, 2.24) is 15.5 Å². The molecule has 0 aromatic heterocycles. The van der Waals surface area contributed by atoms with Crippen molar-refractivity contribution in [2.24, 2.45) is 5.92 Å². The molecule has 2 atom stereocenters. The van der Waals surface area contributed by atoms with Crippen LogP contribution >= 0.6 is 11.8 Å². The number of hydrogen-bond donors (Lipinski definition) is 2. The van der Waals surface area contributed by atoms with Crippen molar-refractivity contribution < 1.29 is 9.59 Å². The molecule has 0 spiro atoms. The molecule has 0 radical (unpaired) electrons. The van der Waals surface area contributed by atoms with Crippen LogP contribution in [0.4, 0.5) is 0 Å². The number of piperidine rings is 1. The number of amides is 2. The highest BCUT2D eigenvalue weighted by molar-refractivity contribution is 8.00. The smallest absolute Gasteiger partial charge is 0.237 e. The molecular weight excluding hydrogens is 346 g/mol. The topological polar surface area (TPSA) is 61.4 Å². The molecule has 6 heteroatoms. The Morgan fingerprint density at radius 3 is 2.77 bits per heavy atom. The first kappa shape index (κ1) is 19.2. The minimum atomic E-state index is -0.0257. The summed E-state index contributed by atoms with van der Waals surface area (Å²) in [7, 11) is 0. The van der Waals surface area contributed by atoms with Crippen LogP contribution in [0.15, 0.2) is 29.2 Å². The molecule has 2 saturated heterocycles. The highest BCUT2D eigenvalue weighted by Crippen LogP contribution is 2.21. The van der Waals surface area contributed by atoms with Crippen LogP contribution in [0.1, 0.15) is 31.2 Å². The van der Waals surface area contributed by atoms with E-state index in [0.29, 0.717) is 18.2 Å². The number of hydrogen-bond acceptors (Lipinski definition) is 4. The number of nitrogens with zero attached hydrogens (tertiary/aromatic N) is 1. The second-order valence-electron chi connectivity index (χ2n) is 7.34. The fourth-order valence-electron chi connectivity index (χ4n) is 3.61. The van der Waals surface area contributed by atoms with Crippen molar-refractivity contribution in [3.8, 4) is 0 Å². The molecule has 1 aromatic carbocycles. The van der Waals surface area contributed by atoms with Crippen LogP contribution in [0.3, 0.4) is 0 Å². The van der Waals surface area contributed by atoms with Gasteiger partial charge in [0.15, 0.2) is 0 Å². The third-order valence-corrected chi connectivity index (χ3v) is 6.19. The maximum Gasteiger partial charge on any atom is 0.237 e. The van der Waals surface area contributed by atoms with Gasteiger partial charge in [0.25, 0.3) is 0 Å². The summed E-state index contributed by atoms with van der Waals surface area (Å²) < 4.78 is 0. The van der Waals surface area contributed by atoms with Crippen molar-refractivity contribution in [2.75, 3.05) is 31.9 Å². The first-order valence-corrected chi connectivity index (χ1v) is 10.6. The molecule has 0 aliphatic carbocycles. The highest BCUT2D eigenvalue weighted by atomic mass is 32.2. The Hall–Kier alpha value is -1.53. The molecule has 26 heavy (non-hydrogen) atoms. The van der Waals surface area contributed by atoms with Crippen molar-refractivity contribution in [3.63, 3.8) is 0 Å². The largest absolute Gasteiger partial charge is 0.354 e. The van der Waals surface area contributed by atoms with Gasteiger partial charge in [-0.25, -0.2) is 0 Å². The predicted molar refractivity (Wildman–Crippen MR) is 105 cm³/mol. The lowest BCUT2D eigenvalue weighted by Gasteiger charge is -2.33. The monoisotopic (exact) mass is 375 g/mol. The fraction of sp³-hybridized carbons (Fsp3) is 0.600. The van der Waals surface area contributed by atoms with E-state index in [9.17, 15) is 9.59 Å². The van der Waals surface area contributed by atoms with Crippen LogP contribution in [-0.2, 0) is 9.59 Å². The average molecular weight is 376 g/mol. The van der Waals surface area contributed by atoms with E-state index in [1.165, 1.54) is 5.56 Å². The fourth-order valence-corrected chi connectivity index (χ4v) is 4.41. The normalized spacial score (nSPS) is 23.0. The van der Waals surface area contributed by atoms with E-state index < -0.39 is 0 Å². The third-order valence-electron chi connectivity index (χ3n) is 5.20. The number of carbonyl (C=O) groups excluding carboxylic acids is 2. The van der Waals surface area contributed by atoms with Crippen LogP contribution in [-0.4, -0.2) is 54.7 Å². The molecule has 2 aliphatic rings. The van der Waals surface area contributed by atoms with Gasteiger partial charge in [0, 0.05) is 24.5 Å². The van der Waals surface area contributed by atoms with Crippen molar-refractivity contribution >= 4 is 23.6 Å². The standard InChI is InChI=1S/C20H29N3O2S/c1-15-6-8-17(9-7-15)26-14-19(24)23-11-3-4-16(13-23)12-22-20(25)18-5-2-10-21-18/h6-9,16,18,21H,2-5,10-14H2,1H3,(H,22,25). The van der Waals surface area contributed by atoms with E-state index >= 15 is 0 Å². The maximum atomic E-state index is 12.5. The lowest BCUT2D eigenvalue weighted by molar-refractivity contribution is -0.130. The van der Waals surface area contributed by atoms with Gasteiger partial charge in [-0.3, -0.25) is 9.59 Å². The first-order valence-electron chi connectivity index (χ1n) is 9.60. The second-order valence-corrected chi connectivity index (χ2v) is 8.39. The number of aryl methyl sites for hydroxylation is 1. The van der Waals surface area contributed by atoms with E-state index in [-0.39, 0.29) is 17.9 Å². The van der Waals surface area contributed by atoms with E-state index in [4.69, 9.17) is 0 Å². The minimum Gasteiger partial charge on any atom is -0.354 e. The molecule has 2 unspecified atom stereocenters. The van der Waals surface area contributed by atoms with Gasteiger partial charge in [0.2, 0.25) is 11.8 Å². The molecular formula is C20H29N3O2S. The summed E-state index contributed by atoms with van der Waals surface area (Å²) in [4.78, 5) is 27.8. The van der Waals surface area contributed by atoms with Gasteiger partial charge in [-0.2, -0.15) is 0 Å². The Balaban J connectivity index is 1.41. The quantitative estimate of drug-likeness (QED) is 0.749. The second kappa shape index (κ2) is 9.42. The van der Waals surface area contributed by atoms with Gasteiger partial charge < -0.3 is 15.5 Å². The van der Waals surface area contributed by atoms with Crippen LogP contribution in [0.5, 0.6) is 0 Å². The highest BCUT2D eigenvalue weighted by Gasteiger charge is 2.26. The number of likely N-dealkylation sites (tertiary alicyclic amines) is 1. The summed E-state index contributed by atoms with van der Waals surface area (Å²) in [5, 5.41) is 6.30. The number of thioether (sulfide) groups is 1. The van der Waals surface area contributed by atoms with Gasteiger partial charge in [-0.05, 0) is 57.2 Å². The summed E-state index contributed by atoms with van der Waals surface area (Å²) in [5.41, 5.74) is 1.23. The van der Waals surface area contributed by atoms with E-state index in [2.05, 4.69) is 41.8 Å². The molecule has 1 aromatic rings. The zero-order valence-corrected chi connectivity index (χ0v) is 16.3. The Kier molecular flexibility index (Phi) is 6.97. The molecule has 3 rings (SSSR count). The Morgan fingerprint density at radius 1 is 1.23 bits per heavy atom. The van der Waals surface area contributed by atoms with Crippen molar-refractivity contribution in [2.45, 2.75) is 43.5 Å².